The monoisotopic (exact) mass is 462 g/mol. The van der Waals surface area contributed by atoms with Crippen molar-refractivity contribution in [1.82, 2.24) is 4.90 Å². The minimum absolute atomic E-state index is 0.0497. The number of carbonyl (C=O) groups is 1. The molecule has 0 bridgehead atoms. The van der Waals surface area contributed by atoms with Gasteiger partial charge in [0, 0.05) is 42.9 Å². The summed E-state index contributed by atoms with van der Waals surface area (Å²) in [5.41, 5.74) is 3.90. The van der Waals surface area contributed by atoms with Crippen LogP contribution in [0.25, 0.3) is 5.57 Å². The van der Waals surface area contributed by atoms with Gasteiger partial charge in [-0.25, -0.2) is 0 Å². The molecule has 1 atom stereocenters. The fraction of sp³-hybridized carbons (Fsp3) is 0.577. The Balaban J connectivity index is 2.01. The lowest BCUT2D eigenvalue weighted by atomic mass is 9.84. The van der Waals surface area contributed by atoms with Gasteiger partial charge in [-0.1, -0.05) is 19.9 Å². The minimum Gasteiger partial charge on any atom is -0.481 e. The van der Waals surface area contributed by atoms with Crippen molar-refractivity contribution in [3.63, 3.8) is 0 Å². The summed E-state index contributed by atoms with van der Waals surface area (Å²) in [6, 6.07) is 1.81. The van der Waals surface area contributed by atoms with E-state index in [1.165, 1.54) is 11.1 Å². The molecular weight excluding hydrogens is 422 g/mol. The number of thiophene rings is 2. The number of nitrogens with zero attached hydrogens (tertiary/aromatic N) is 1. The second-order valence-corrected chi connectivity index (χ2v) is 11.8. The number of carboxylic acids is 1. The van der Waals surface area contributed by atoms with Crippen molar-refractivity contribution < 1.29 is 14.0 Å². The third kappa shape index (κ3) is 5.32. The number of carboxylic acid groups (broad SMARTS) is 1. The molecule has 3 rings (SSSR count). The van der Waals surface area contributed by atoms with E-state index in [2.05, 4.69) is 51.0 Å². The van der Waals surface area contributed by atoms with E-state index in [-0.39, 0.29) is 11.5 Å². The highest BCUT2D eigenvalue weighted by atomic mass is 32.1. The molecule has 5 heteroatoms. The van der Waals surface area contributed by atoms with E-state index in [4.69, 9.17) is 4.11 Å². The van der Waals surface area contributed by atoms with Crippen molar-refractivity contribution in [3.05, 3.63) is 48.8 Å². The topological polar surface area (TPSA) is 40.5 Å². The molecule has 0 aromatic carbocycles. The van der Waals surface area contributed by atoms with Crippen molar-refractivity contribution in [1.29, 1.82) is 0 Å². The molecule has 0 radical (unpaired) electrons. The van der Waals surface area contributed by atoms with Gasteiger partial charge in [-0.15, -0.1) is 22.7 Å². The van der Waals surface area contributed by atoms with Gasteiger partial charge < -0.3 is 5.11 Å². The summed E-state index contributed by atoms with van der Waals surface area (Å²) < 4.78 is 24.4. The zero-order chi connectivity index (χ0) is 25.4. The largest absolute Gasteiger partial charge is 0.481 e. The van der Waals surface area contributed by atoms with Crippen LogP contribution in [0.5, 0.6) is 0 Å². The molecule has 2 aromatic rings. The lowest BCUT2D eigenvalue weighted by molar-refractivity contribution is -0.145. The Morgan fingerprint density at radius 3 is 2.74 bits per heavy atom. The summed E-state index contributed by atoms with van der Waals surface area (Å²) in [6.45, 7) is 12.0. The van der Waals surface area contributed by atoms with Gasteiger partial charge in [-0.05, 0) is 87.9 Å². The second-order valence-electron chi connectivity index (χ2n) is 9.65. The molecule has 170 valence electrons. The molecule has 1 fully saturated rings. The molecule has 31 heavy (non-hydrogen) atoms. The van der Waals surface area contributed by atoms with E-state index < -0.39 is 12.8 Å². The number of hydrogen-bond donors (Lipinski definition) is 1. The van der Waals surface area contributed by atoms with Crippen LogP contribution in [0, 0.1) is 26.6 Å². The van der Waals surface area contributed by atoms with Crippen LogP contribution in [0.3, 0.4) is 0 Å². The van der Waals surface area contributed by atoms with Crippen molar-refractivity contribution in [2.75, 3.05) is 13.1 Å². The van der Waals surface area contributed by atoms with Crippen LogP contribution >= 0.6 is 22.7 Å². The first-order chi connectivity index (χ1) is 15.7. The lowest BCUT2D eigenvalue weighted by Gasteiger charge is -2.44. The minimum atomic E-state index is -2.17. The summed E-state index contributed by atoms with van der Waals surface area (Å²) in [5, 5.41) is 11.7. The van der Waals surface area contributed by atoms with E-state index in [1.807, 2.05) is 13.0 Å². The van der Waals surface area contributed by atoms with Gasteiger partial charge >= 0.3 is 5.97 Å². The molecule has 0 amide bonds. The molecule has 1 saturated heterocycles. The number of rotatable bonds is 7. The average molecular weight is 463 g/mol. The molecular formula is C26H37NO2S2. The fourth-order valence-corrected chi connectivity index (χ4v) is 6.92. The normalized spacial score (nSPS) is 21.7. The standard InChI is InChI=1S/C26H37NO2S2/c1-16(2)22-18(4)15-30-24(22)21(23-17(3)13-19(5)31-23)9-8-12-27-14-20(25(28)29)10-11-26(27,6)7/h9,13,15-16,20H,8,10-12,14H2,1-7H3,(H,28,29)/b21-9-/t20-/m1/s1/i3D3. The number of piperidine rings is 1. The van der Waals surface area contributed by atoms with E-state index in [0.717, 1.165) is 39.6 Å². The van der Waals surface area contributed by atoms with E-state index in [9.17, 15) is 9.90 Å². The molecule has 1 aliphatic heterocycles. The number of aliphatic carboxylic acids is 1. The number of aryl methyl sites for hydroxylation is 3. The highest BCUT2D eigenvalue weighted by molar-refractivity contribution is 7.15. The Morgan fingerprint density at radius 2 is 2.10 bits per heavy atom. The Kier molecular flexibility index (Phi) is 6.25. The molecule has 3 nitrogen and oxygen atoms in total. The van der Waals surface area contributed by atoms with Gasteiger partial charge in [0.25, 0.3) is 0 Å². The van der Waals surface area contributed by atoms with Gasteiger partial charge in [0.05, 0.1) is 5.92 Å². The summed E-state index contributed by atoms with van der Waals surface area (Å²) in [7, 11) is 0. The summed E-state index contributed by atoms with van der Waals surface area (Å²) in [5.74, 6) is -0.714. The van der Waals surface area contributed by atoms with Crippen molar-refractivity contribution in [2.24, 2.45) is 5.92 Å². The maximum atomic E-state index is 11.6. The highest BCUT2D eigenvalue weighted by Crippen LogP contribution is 2.41. The zero-order valence-electron chi connectivity index (χ0n) is 22.5. The summed E-state index contributed by atoms with van der Waals surface area (Å²) in [6.07, 6.45) is 4.49. The van der Waals surface area contributed by atoms with Crippen LogP contribution in [-0.4, -0.2) is 34.6 Å². The van der Waals surface area contributed by atoms with Crippen LogP contribution < -0.4 is 0 Å². The van der Waals surface area contributed by atoms with Gasteiger partial charge in [0.1, 0.15) is 0 Å². The van der Waals surface area contributed by atoms with Crippen LogP contribution in [0.1, 0.15) is 88.3 Å². The molecule has 0 spiro atoms. The molecule has 1 aliphatic rings. The molecule has 0 aliphatic carbocycles. The van der Waals surface area contributed by atoms with Crippen LogP contribution in [0.15, 0.2) is 17.5 Å². The second kappa shape index (κ2) is 9.60. The molecule has 0 unspecified atom stereocenters. The smallest absolute Gasteiger partial charge is 0.307 e. The van der Waals surface area contributed by atoms with Crippen LogP contribution in [0.2, 0.25) is 0 Å². The Labute approximate surface area is 200 Å². The maximum Gasteiger partial charge on any atom is 0.307 e. The predicted octanol–water partition coefficient (Wildman–Crippen LogP) is 7.26. The first-order valence-corrected chi connectivity index (χ1v) is 12.8. The quantitative estimate of drug-likeness (QED) is 0.471. The third-order valence-corrected chi connectivity index (χ3v) is 8.67. The first kappa shape index (κ1) is 20.2. The van der Waals surface area contributed by atoms with Gasteiger partial charge in [0.2, 0.25) is 0 Å². The Bertz CT molecular complexity index is 1060. The maximum absolute atomic E-state index is 11.6. The predicted molar refractivity (Wildman–Crippen MR) is 135 cm³/mol. The molecule has 1 N–H and O–H groups in total. The number of likely N-dealkylation sites (tertiary alicyclic amines) is 1. The van der Waals surface area contributed by atoms with Crippen molar-refractivity contribution in [2.45, 2.75) is 79.1 Å². The molecule has 2 aromatic heterocycles. The first-order valence-electron chi connectivity index (χ1n) is 12.6. The van der Waals surface area contributed by atoms with Crippen LogP contribution in [0.4, 0.5) is 0 Å². The molecule has 0 saturated carbocycles. The number of hydrogen-bond acceptors (Lipinski definition) is 4. The van der Waals surface area contributed by atoms with Crippen LogP contribution in [-0.2, 0) is 4.79 Å². The molecule has 3 heterocycles. The average Bonchev–Trinajstić information content (AvgIpc) is 3.28. The fourth-order valence-electron chi connectivity index (χ4n) is 4.63. The van der Waals surface area contributed by atoms with Gasteiger partial charge in [0.15, 0.2) is 0 Å². The Morgan fingerprint density at radius 1 is 1.35 bits per heavy atom. The third-order valence-electron chi connectivity index (χ3n) is 6.44. The SMILES string of the molecule is [2H]C([2H])([2H])c1cc(C)sc1/C(=C/CCN1C[C@H](C(=O)O)CCC1(C)C)c1scc(C)c1C(C)C. The lowest BCUT2D eigenvalue weighted by Crippen LogP contribution is -2.52. The van der Waals surface area contributed by atoms with E-state index in [1.54, 1.807) is 22.7 Å². The Hall–Kier alpha value is -1.43. The van der Waals surface area contributed by atoms with E-state index in [0.29, 0.717) is 24.4 Å². The van der Waals surface area contributed by atoms with Gasteiger partial charge in [-0.3, -0.25) is 9.69 Å². The summed E-state index contributed by atoms with van der Waals surface area (Å²) in [4.78, 5) is 16.9. The van der Waals surface area contributed by atoms with Crippen molar-refractivity contribution >= 4 is 34.2 Å². The zero-order valence-corrected chi connectivity index (χ0v) is 21.2. The van der Waals surface area contributed by atoms with Gasteiger partial charge in [-0.2, -0.15) is 0 Å². The van der Waals surface area contributed by atoms with Crippen molar-refractivity contribution in [3.8, 4) is 0 Å². The summed E-state index contributed by atoms with van der Waals surface area (Å²) >= 11 is 3.24. The van der Waals surface area contributed by atoms with E-state index >= 15 is 0 Å². The highest BCUT2D eigenvalue weighted by Gasteiger charge is 2.36.